The van der Waals surface area contributed by atoms with Gasteiger partial charge in [0.15, 0.2) is 6.29 Å². The Morgan fingerprint density at radius 2 is 1.02 bits per heavy atom. The van der Waals surface area contributed by atoms with E-state index in [0.29, 0.717) is 6.42 Å². The number of carbonyl (C=O) groups is 1. The van der Waals surface area contributed by atoms with E-state index in [2.05, 4.69) is 154 Å². The zero-order chi connectivity index (χ0) is 43.9. The minimum Gasteiger partial charge on any atom is -0.390 e. The zero-order valence-corrected chi connectivity index (χ0v) is 34.3. The monoisotopic (exact) mass is 857 g/mol. The van der Waals surface area contributed by atoms with Gasteiger partial charge in [0.25, 0.3) is 5.91 Å². The number of amides is 1. The Labute approximate surface area is 392 Å². The molecule has 0 aromatic heterocycles. The van der Waals surface area contributed by atoms with Gasteiger partial charge in [-0.2, -0.15) is 0 Å². The second-order valence-electron chi connectivity index (χ2n) is 13.0. The van der Waals surface area contributed by atoms with Crippen molar-refractivity contribution >= 4 is 5.91 Å². The van der Waals surface area contributed by atoms with E-state index in [4.69, 9.17) is 15.2 Å². The lowest BCUT2D eigenvalue weighted by Gasteiger charge is -2.40. The van der Waals surface area contributed by atoms with E-state index in [0.717, 1.165) is 19.3 Å². The molecule has 8 N–H and O–H groups in total. The number of hydrogen-bond acceptors (Lipinski definition) is 9. The van der Waals surface area contributed by atoms with Crippen LogP contribution in [0.15, 0.2) is 0 Å². The summed E-state index contributed by atoms with van der Waals surface area (Å²) in [5.74, 6) is 58.6. The van der Waals surface area contributed by atoms with E-state index in [1.54, 1.807) is 6.92 Å². The van der Waals surface area contributed by atoms with Gasteiger partial charge in [0.1, 0.15) is 30.5 Å². The van der Waals surface area contributed by atoms with Crippen LogP contribution in [0, 0.1) is 142 Å². The maximum Gasteiger partial charge on any atom is 0.297 e. The number of aliphatic hydroxyl groups is 5. The highest BCUT2D eigenvalue weighted by atomic mass is 16.7. The van der Waals surface area contributed by atoms with Crippen LogP contribution in [0.5, 0.6) is 0 Å². The number of ether oxygens (including phenoxy) is 2. The predicted octanol–water partition coefficient (Wildman–Crippen LogP) is 7.03. The Hall–Kier alpha value is -6.13. The van der Waals surface area contributed by atoms with E-state index in [-0.39, 0.29) is 47.2 Å². The van der Waals surface area contributed by atoms with Crippen molar-refractivity contribution < 1.29 is 74.0 Å². The van der Waals surface area contributed by atoms with Crippen LogP contribution in [-0.4, -0.2) is 93.5 Å². The fourth-order valence-corrected chi connectivity index (χ4v) is 5.29. The summed E-state index contributed by atoms with van der Waals surface area (Å²) in [6.45, 7) is 3.28. The van der Waals surface area contributed by atoms with Crippen molar-refractivity contribution in [2.24, 2.45) is 5.73 Å². The molecule has 0 aromatic carbocycles. The number of nitrogens with one attached hydrogen (secondary N) is 1. The molecule has 2 unspecified atom stereocenters. The number of aliphatic hydroxyl groups excluding tert-OH is 5. The van der Waals surface area contributed by atoms with Crippen molar-refractivity contribution in [3.63, 3.8) is 0 Å². The van der Waals surface area contributed by atoms with Crippen LogP contribution in [0.4, 0.5) is 0 Å². The van der Waals surface area contributed by atoms with Gasteiger partial charge in [0, 0.05) is 82.2 Å². The lowest BCUT2D eigenvalue weighted by Crippen LogP contribution is -2.61. The molecule has 0 aliphatic carbocycles. The Morgan fingerprint density at radius 1 is 0.617 bits per heavy atom. The van der Waals surface area contributed by atoms with Crippen LogP contribution >= 0.6 is 0 Å². The second-order valence-corrected chi connectivity index (χ2v) is 13.0. The molecule has 1 amide bonds. The smallest absolute Gasteiger partial charge is 0.297 e. The third-order valence-corrected chi connectivity index (χ3v) is 8.43. The topological polar surface area (TPSA) is 175 Å². The molecule has 60 heavy (non-hydrogen) atoms. The Kier molecular flexibility index (Phi) is 31.1. The van der Waals surface area contributed by atoms with Gasteiger partial charge in [-0.15, -0.1) is 0 Å². The fourth-order valence-electron chi connectivity index (χ4n) is 5.29. The van der Waals surface area contributed by atoms with Gasteiger partial charge in [0.2, 0.25) is 0 Å². The Bertz CT molecular complexity index is 2210. The minimum atomic E-state index is -1.65. The molecule has 10 heteroatoms. The standard InChI is InChI=1S/C50H52N2O8.24H2/c1-3-5-7-9-11-13-15-17-18-19-20-21-22-23-24-25-26-27-29-31-33-35-37-39-45(54)52-42(41-59-50-49(58)48(57)47(56)44(40-51)60-50)46(55)43(53)38-36-34-32-30-28-16-14-12-10-8-6-4-2;;;;;;;;;;;;;;;;;;;;;;;;/h42-44,46-50,53,55-58H,4,6,8,10,12,14,16,28,30,32,34,36,38,40-41,51H2,1-2H3,(H,52,54);24*1H/t42-,43+,44?,46-,47-,48-,49?,50-;;;;;;;;;;;;;;;;;;;;;;;;/m0......................../s1. The van der Waals surface area contributed by atoms with E-state index in [1.165, 1.54) is 51.4 Å². The maximum atomic E-state index is 12.7. The van der Waals surface area contributed by atoms with E-state index in [1.807, 2.05) is 0 Å². The molecular formula is C50H100N2O8. The zero-order valence-electron chi connectivity index (χ0n) is 34.3. The first kappa shape index (κ1) is 51.9. The molecule has 1 aliphatic heterocycles. The molecule has 1 rings (SSSR count). The average Bonchev–Trinajstić information content (AvgIpc) is 3.25. The van der Waals surface area contributed by atoms with Crippen LogP contribution in [0.3, 0.4) is 0 Å². The quantitative estimate of drug-likeness (QED) is 0.0501. The van der Waals surface area contributed by atoms with Crippen LogP contribution in [0.2, 0.25) is 0 Å². The third kappa shape index (κ3) is 26.0. The Morgan fingerprint density at radius 3 is 1.43 bits per heavy atom. The summed E-state index contributed by atoms with van der Waals surface area (Å²) in [7, 11) is 0. The molecule has 8 atom stereocenters. The first-order valence-corrected chi connectivity index (χ1v) is 19.9. The number of nitrogens with two attached hydrogens (primary N) is 1. The maximum absolute atomic E-state index is 12.7. The molecule has 1 fully saturated rings. The van der Waals surface area contributed by atoms with E-state index >= 15 is 0 Å². The van der Waals surface area contributed by atoms with Crippen molar-refractivity contribution in [2.45, 2.75) is 146 Å². The van der Waals surface area contributed by atoms with Gasteiger partial charge >= 0.3 is 0 Å². The summed E-state index contributed by atoms with van der Waals surface area (Å²) in [5, 5.41) is 55.1. The summed E-state index contributed by atoms with van der Waals surface area (Å²) in [4.78, 5) is 12.7. The molecular weight excluding hydrogens is 757 g/mol. The van der Waals surface area contributed by atoms with Gasteiger partial charge in [0.05, 0.1) is 18.8 Å². The largest absolute Gasteiger partial charge is 0.390 e. The Balaban J connectivity index is -0.0000000682. The molecule has 1 aliphatic rings. The van der Waals surface area contributed by atoms with Crippen LogP contribution < -0.4 is 11.1 Å². The molecule has 0 spiro atoms. The molecule has 0 aromatic rings. The van der Waals surface area contributed by atoms with Gasteiger partial charge in [-0.1, -0.05) is 89.9 Å². The van der Waals surface area contributed by atoms with Gasteiger partial charge in [-0.25, -0.2) is 0 Å². The molecule has 1 saturated heterocycles. The summed E-state index contributed by atoms with van der Waals surface area (Å²) in [5.41, 5.74) is 5.61. The molecule has 0 radical (unpaired) electrons. The van der Waals surface area contributed by atoms with E-state index in [9.17, 15) is 30.3 Å². The molecule has 0 saturated carbocycles. The lowest BCUT2D eigenvalue weighted by molar-refractivity contribution is -0.296. The first-order chi connectivity index (χ1) is 29.3. The number of hydrogen-bond donors (Lipinski definition) is 7. The van der Waals surface area contributed by atoms with Gasteiger partial charge in [-0.3, -0.25) is 4.79 Å². The number of rotatable bonds is 20. The molecule has 358 valence electrons. The SMILES string of the molecule is CC#CC#CC#CC#CC#CC#CC#CC#CC#CC#CC#CC#CC(=O)N[C@@H](CO[C@H]1OC(CN)[C@H](O)[C@H](O)C1O)[C@H](O)[C@H](O)CCCCCCCCCCCCCC.[HH].[HH].[HH].[HH].[HH].[HH].[HH].[HH].[HH].[HH].[HH].[HH].[HH].[HH].[HH].[HH].[HH].[HH].[HH].[HH].[HH].[HH].[HH].[HH]. The fraction of sp³-hybridized carbons (Fsp3) is 0.500. The number of unbranched alkanes of at least 4 members (excludes halogenated alkanes) is 11. The van der Waals surface area contributed by atoms with Crippen molar-refractivity contribution in [1.29, 1.82) is 0 Å². The predicted molar refractivity (Wildman–Crippen MR) is 281 cm³/mol. The second kappa shape index (κ2) is 36.0. The van der Waals surface area contributed by atoms with Crippen molar-refractivity contribution in [2.75, 3.05) is 13.2 Å². The molecule has 10 nitrogen and oxygen atoms in total. The summed E-state index contributed by atoms with van der Waals surface area (Å²) in [6.07, 6.45) is 4.18. The van der Waals surface area contributed by atoms with Crippen LogP contribution in [0.1, 0.15) is 132 Å². The van der Waals surface area contributed by atoms with E-state index < -0.39 is 61.5 Å². The number of carbonyl (C=O) groups excluding carboxylic acids is 1. The molecule has 0 bridgehead atoms. The average molecular weight is 857 g/mol. The lowest BCUT2D eigenvalue weighted by atomic mass is 9.98. The molecule has 1 heterocycles. The van der Waals surface area contributed by atoms with Gasteiger partial charge in [-0.05, 0) is 108 Å². The van der Waals surface area contributed by atoms with Crippen molar-refractivity contribution in [3.05, 3.63) is 0 Å². The third-order valence-electron chi connectivity index (χ3n) is 8.43. The highest BCUT2D eigenvalue weighted by molar-refractivity contribution is 5.94. The highest BCUT2D eigenvalue weighted by Crippen LogP contribution is 2.22. The highest BCUT2D eigenvalue weighted by Gasteiger charge is 2.44. The first-order valence-electron chi connectivity index (χ1n) is 19.9. The van der Waals surface area contributed by atoms with Gasteiger partial charge < -0.3 is 46.1 Å². The summed E-state index contributed by atoms with van der Waals surface area (Å²) >= 11 is 0. The van der Waals surface area contributed by atoms with Crippen LogP contribution in [-0.2, 0) is 14.3 Å². The minimum absolute atomic E-state index is 0. The summed E-state index contributed by atoms with van der Waals surface area (Å²) < 4.78 is 11.1. The van der Waals surface area contributed by atoms with Crippen molar-refractivity contribution in [3.8, 4) is 142 Å². The van der Waals surface area contributed by atoms with Crippen LogP contribution in [0.25, 0.3) is 0 Å². The summed E-state index contributed by atoms with van der Waals surface area (Å²) in [6, 6.07) is -1.20. The normalized spacial score (nSPS) is 17.8. The van der Waals surface area contributed by atoms with Crippen molar-refractivity contribution in [1.82, 2.24) is 5.32 Å².